The summed E-state index contributed by atoms with van der Waals surface area (Å²) in [5.41, 5.74) is 0.788. The van der Waals surface area contributed by atoms with E-state index in [2.05, 4.69) is 31.0 Å². The van der Waals surface area contributed by atoms with Crippen LogP contribution in [0.3, 0.4) is 0 Å². The number of aliphatic hydroxyl groups excluding tert-OH is 1. The van der Waals surface area contributed by atoms with Crippen molar-refractivity contribution in [1.29, 1.82) is 0 Å². The maximum atomic E-state index is 12.6. The molecule has 1 heterocycles. The van der Waals surface area contributed by atoms with Crippen molar-refractivity contribution < 1.29 is 28.9 Å². The predicted molar refractivity (Wildman–Crippen MR) is 99.6 cm³/mol. The van der Waals surface area contributed by atoms with Crippen molar-refractivity contribution in [2.45, 2.75) is 12.6 Å². The number of methoxy groups -OCH3 is 2. The first-order valence-electron chi connectivity index (χ1n) is 7.91. The second-order valence-electron chi connectivity index (χ2n) is 5.33. The quantitative estimate of drug-likeness (QED) is 0.476. The highest BCUT2D eigenvalue weighted by atomic mass is 79.9. The highest BCUT2D eigenvalue weighted by Gasteiger charge is 2.26. The normalized spacial score (nSPS) is 11.4. The van der Waals surface area contributed by atoms with Crippen LogP contribution in [0.1, 0.15) is 16.1 Å². The Kier molecular flexibility index (Phi) is 7.56. The van der Waals surface area contributed by atoms with Crippen molar-refractivity contribution in [3.8, 4) is 11.5 Å². The summed E-state index contributed by atoms with van der Waals surface area (Å²) in [5, 5.41) is 11.7. The number of hydrogen-bond acceptors (Lipinski definition) is 7. The molecule has 144 valence electrons. The van der Waals surface area contributed by atoms with Crippen molar-refractivity contribution in [2.24, 2.45) is 0 Å². The number of ether oxygens (including phenoxy) is 3. The molecule has 27 heavy (non-hydrogen) atoms. The lowest BCUT2D eigenvalue weighted by molar-refractivity contribution is -0.143. The number of carbonyl (C=O) groups excluding carboxylic acids is 2. The van der Waals surface area contributed by atoms with E-state index in [1.165, 1.54) is 7.11 Å². The Labute approximate surface area is 164 Å². The number of nitrogens with one attached hydrogen (secondary N) is 1. The monoisotopic (exact) mass is 438 g/mol. The van der Waals surface area contributed by atoms with Gasteiger partial charge in [-0.2, -0.15) is 0 Å². The summed E-state index contributed by atoms with van der Waals surface area (Å²) in [4.78, 5) is 28.4. The highest BCUT2D eigenvalue weighted by Crippen LogP contribution is 2.33. The molecule has 2 rings (SSSR count). The summed E-state index contributed by atoms with van der Waals surface area (Å²) >= 11 is 3.21. The number of carbonyl (C=O) groups is 2. The Balaban J connectivity index is 2.31. The zero-order valence-corrected chi connectivity index (χ0v) is 16.4. The maximum Gasteiger partial charge on any atom is 0.330 e. The van der Waals surface area contributed by atoms with E-state index in [0.717, 1.165) is 12.7 Å². The van der Waals surface area contributed by atoms with E-state index in [4.69, 9.17) is 9.47 Å². The van der Waals surface area contributed by atoms with Crippen LogP contribution >= 0.6 is 15.9 Å². The van der Waals surface area contributed by atoms with Gasteiger partial charge in [-0.3, -0.25) is 4.79 Å². The summed E-state index contributed by atoms with van der Waals surface area (Å²) in [6.45, 7) is -0.440. The third-order valence-corrected chi connectivity index (χ3v) is 3.95. The van der Waals surface area contributed by atoms with E-state index in [-0.39, 0.29) is 23.8 Å². The summed E-state index contributed by atoms with van der Waals surface area (Å²) in [7, 11) is 2.59. The second-order valence-corrected chi connectivity index (χ2v) is 6.14. The Bertz CT molecular complexity index is 800. The highest BCUT2D eigenvalue weighted by molar-refractivity contribution is 9.10. The average Bonchev–Trinajstić information content (AvgIpc) is 2.70. The van der Waals surface area contributed by atoms with Crippen molar-refractivity contribution in [3.05, 3.63) is 52.3 Å². The molecule has 0 aliphatic carbocycles. The number of nitrogens with zero attached hydrogens (tertiary/aromatic N) is 1. The van der Waals surface area contributed by atoms with Crippen molar-refractivity contribution in [1.82, 2.24) is 10.3 Å². The number of aliphatic hydroxyl groups is 1. The van der Waals surface area contributed by atoms with Crippen LogP contribution in [0, 0.1) is 0 Å². The van der Waals surface area contributed by atoms with Gasteiger partial charge in [-0.05, 0) is 21.5 Å². The zero-order valence-electron chi connectivity index (χ0n) is 14.8. The molecule has 0 aliphatic heterocycles. The lowest BCUT2D eigenvalue weighted by Crippen LogP contribution is -2.44. The van der Waals surface area contributed by atoms with Gasteiger partial charge in [0.05, 0.1) is 20.8 Å². The van der Waals surface area contributed by atoms with Gasteiger partial charge in [-0.1, -0.05) is 30.3 Å². The molecule has 1 amide bonds. The number of rotatable bonds is 8. The summed E-state index contributed by atoms with van der Waals surface area (Å²) in [5.74, 6) is -1.10. The molecule has 0 saturated carbocycles. The molecule has 8 nitrogen and oxygen atoms in total. The number of esters is 1. The Morgan fingerprint density at radius 1 is 1.26 bits per heavy atom. The maximum absolute atomic E-state index is 12.6. The van der Waals surface area contributed by atoms with Gasteiger partial charge in [-0.25, -0.2) is 9.78 Å². The fraction of sp³-hybridized carbons (Fsp3) is 0.278. The van der Waals surface area contributed by atoms with Crippen LogP contribution in [0.2, 0.25) is 0 Å². The van der Waals surface area contributed by atoms with E-state index >= 15 is 0 Å². The summed E-state index contributed by atoms with van der Waals surface area (Å²) in [6.07, 6.45) is 0. The molecule has 0 fully saturated rings. The lowest BCUT2D eigenvalue weighted by Gasteiger charge is -2.17. The molecule has 0 spiro atoms. The molecule has 2 aromatic rings. The number of hydrogen-bond donors (Lipinski definition) is 2. The fourth-order valence-corrected chi connectivity index (χ4v) is 2.59. The van der Waals surface area contributed by atoms with Gasteiger partial charge in [-0.15, -0.1) is 0 Å². The summed E-state index contributed by atoms with van der Waals surface area (Å²) < 4.78 is 16.0. The van der Waals surface area contributed by atoms with Gasteiger partial charge >= 0.3 is 5.97 Å². The SMILES string of the molecule is COC(=O)C(CO)NC(=O)c1nc(Br)cc(OC)c1OCc1ccccc1. The molecular formula is C18H19BrN2O6. The number of halogens is 1. The van der Waals surface area contributed by atoms with E-state index in [1.54, 1.807) is 6.07 Å². The first kappa shape index (κ1) is 20.7. The van der Waals surface area contributed by atoms with Crippen LogP contribution in [0.15, 0.2) is 41.0 Å². The summed E-state index contributed by atoms with van der Waals surface area (Å²) in [6, 6.07) is 9.69. The van der Waals surface area contributed by atoms with Gasteiger partial charge in [0.2, 0.25) is 0 Å². The van der Waals surface area contributed by atoms with E-state index in [1.807, 2.05) is 30.3 Å². The van der Waals surface area contributed by atoms with Crippen LogP contribution in [-0.2, 0) is 16.1 Å². The van der Waals surface area contributed by atoms with Crippen LogP contribution < -0.4 is 14.8 Å². The first-order valence-corrected chi connectivity index (χ1v) is 8.70. The largest absolute Gasteiger partial charge is 0.493 e. The minimum atomic E-state index is -1.23. The number of amides is 1. The van der Waals surface area contributed by atoms with Crippen LogP contribution in [0.4, 0.5) is 0 Å². The van der Waals surface area contributed by atoms with Crippen LogP contribution in [-0.4, -0.2) is 48.8 Å². The topological polar surface area (TPSA) is 107 Å². The molecule has 9 heteroatoms. The third-order valence-electron chi connectivity index (χ3n) is 3.54. The molecule has 0 radical (unpaired) electrons. The van der Waals surface area contributed by atoms with Gasteiger partial charge in [0.25, 0.3) is 5.91 Å². The lowest BCUT2D eigenvalue weighted by atomic mass is 10.2. The van der Waals surface area contributed by atoms with Gasteiger partial charge < -0.3 is 24.6 Å². The minimum absolute atomic E-state index is 0.0977. The Hall–Kier alpha value is -2.65. The van der Waals surface area contributed by atoms with E-state index < -0.39 is 24.5 Å². The minimum Gasteiger partial charge on any atom is -0.493 e. The van der Waals surface area contributed by atoms with Crippen LogP contribution in [0.5, 0.6) is 11.5 Å². The first-order chi connectivity index (χ1) is 13.0. The molecule has 0 aliphatic rings. The standard InChI is InChI=1S/C18H19BrN2O6/c1-25-13-8-14(19)21-15(17(23)20-12(9-22)18(24)26-2)16(13)27-10-11-6-4-3-5-7-11/h3-8,12,22H,9-10H2,1-2H3,(H,20,23). The molecule has 1 aromatic carbocycles. The fourth-order valence-electron chi connectivity index (χ4n) is 2.20. The van der Waals surface area contributed by atoms with Gasteiger partial charge in [0.15, 0.2) is 23.2 Å². The molecule has 0 saturated heterocycles. The Morgan fingerprint density at radius 3 is 2.56 bits per heavy atom. The molecule has 1 unspecified atom stereocenters. The van der Waals surface area contributed by atoms with Crippen LogP contribution in [0.25, 0.3) is 0 Å². The number of benzene rings is 1. The second kappa shape index (κ2) is 9.89. The Morgan fingerprint density at radius 2 is 1.96 bits per heavy atom. The third kappa shape index (κ3) is 5.41. The van der Waals surface area contributed by atoms with Crippen molar-refractivity contribution in [2.75, 3.05) is 20.8 Å². The molecular weight excluding hydrogens is 420 g/mol. The predicted octanol–water partition coefficient (Wildman–Crippen LogP) is 1.70. The van der Waals surface area contributed by atoms with Gasteiger partial charge in [0.1, 0.15) is 11.2 Å². The van der Waals surface area contributed by atoms with Crippen molar-refractivity contribution >= 4 is 27.8 Å². The smallest absolute Gasteiger partial charge is 0.330 e. The van der Waals surface area contributed by atoms with Gasteiger partial charge in [0, 0.05) is 6.07 Å². The number of aromatic nitrogens is 1. The van der Waals surface area contributed by atoms with E-state index in [0.29, 0.717) is 4.60 Å². The van der Waals surface area contributed by atoms with Crippen molar-refractivity contribution in [3.63, 3.8) is 0 Å². The number of pyridine rings is 1. The molecule has 1 atom stereocenters. The molecule has 0 bridgehead atoms. The zero-order chi connectivity index (χ0) is 19.8. The molecule has 2 N–H and O–H groups in total. The molecule has 1 aromatic heterocycles. The van der Waals surface area contributed by atoms with E-state index in [9.17, 15) is 14.7 Å². The average molecular weight is 439 g/mol.